The van der Waals surface area contributed by atoms with E-state index < -0.39 is 11.5 Å². The van der Waals surface area contributed by atoms with E-state index in [1.54, 1.807) is 0 Å². The standard InChI is InChI=1S/C18H17N5S/c1-2-23-6-5-12-13(8-19)17(22)18(10-20,11-21)16(14(12)9-23)15-4-3-7-24-15/h3-7,14,16-17H,2,9,22H2,1H3/t14-,16-,17-/m1/s1. The molecule has 2 aliphatic rings. The molecular weight excluding hydrogens is 318 g/mol. The van der Waals surface area contributed by atoms with Gasteiger partial charge < -0.3 is 10.6 Å². The first kappa shape index (κ1) is 16.3. The fraction of sp³-hybridized carbons (Fsp3) is 0.389. The zero-order chi connectivity index (χ0) is 17.3. The van der Waals surface area contributed by atoms with Crippen molar-refractivity contribution < 1.29 is 0 Å². The first-order valence-electron chi connectivity index (χ1n) is 7.80. The minimum Gasteiger partial charge on any atom is -0.377 e. The number of rotatable bonds is 2. The fourth-order valence-corrected chi connectivity index (χ4v) is 4.74. The van der Waals surface area contributed by atoms with Crippen LogP contribution < -0.4 is 5.73 Å². The minimum atomic E-state index is -1.44. The van der Waals surface area contributed by atoms with Crippen LogP contribution >= 0.6 is 11.3 Å². The van der Waals surface area contributed by atoms with Gasteiger partial charge in [0.15, 0.2) is 5.41 Å². The average Bonchev–Trinajstić information content (AvgIpc) is 3.14. The summed E-state index contributed by atoms with van der Waals surface area (Å²) in [4.78, 5) is 3.11. The Balaban J connectivity index is 2.28. The number of hydrogen-bond donors (Lipinski definition) is 1. The second-order valence-corrected chi connectivity index (χ2v) is 7.03. The third-order valence-corrected chi connectivity index (χ3v) is 6.00. The fourth-order valence-electron chi connectivity index (χ4n) is 3.78. The Labute approximate surface area is 145 Å². The summed E-state index contributed by atoms with van der Waals surface area (Å²) in [6.45, 7) is 3.56. The van der Waals surface area contributed by atoms with Crippen LogP contribution in [0.5, 0.6) is 0 Å². The molecule has 5 nitrogen and oxygen atoms in total. The van der Waals surface area contributed by atoms with E-state index in [-0.39, 0.29) is 11.8 Å². The highest BCUT2D eigenvalue weighted by Gasteiger charge is 2.56. The number of nitrogens with zero attached hydrogens (tertiary/aromatic N) is 4. The van der Waals surface area contributed by atoms with E-state index in [2.05, 4.69) is 30.0 Å². The number of hydrogen-bond acceptors (Lipinski definition) is 6. The lowest BCUT2D eigenvalue weighted by atomic mass is 9.57. The lowest BCUT2D eigenvalue weighted by Crippen LogP contribution is -2.53. The molecule has 1 aromatic rings. The Hall–Kier alpha value is -2.59. The number of thiophene rings is 1. The maximum Gasteiger partial charge on any atom is 0.171 e. The van der Waals surface area contributed by atoms with Crippen molar-refractivity contribution in [3.8, 4) is 18.2 Å². The van der Waals surface area contributed by atoms with Crippen LogP contribution in [0.25, 0.3) is 0 Å². The van der Waals surface area contributed by atoms with Crippen molar-refractivity contribution in [3.63, 3.8) is 0 Å². The van der Waals surface area contributed by atoms with Crippen LogP contribution in [0.3, 0.4) is 0 Å². The van der Waals surface area contributed by atoms with Crippen LogP contribution in [0.1, 0.15) is 17.7 Å². The molecule has 1 aliphatic carbocycles. The van der Waals surface area contributed by atoms with Gasteiger partial charge in [-0.15, -0.1) is 11.3 Å². The summed E-state index contributed by atoms with van der Waals surface area (Å²) in [5.74, 6) is -0.434. The summed E-state index contributed by atoms with van der Waals surface area (Å²) in [5.41, 5.74) is 6.09. The molecule has 0 bridgehead atoms. The summed E-state index contributed by atoms with van der Waals surface area (Å²) < 4.78 is 0. The minimum absolute atomic E-state index is 0.0950. The van der Waals surface area contributed by atoms with E-state index in [0.29, 0.717) is 12.1 Å². The largest absolute Gasteiger partial charge is 0.377 e. The lowest BCUT2D eigenvalue weighted by Gasteiger charge is -2.46. The molecule has 6 heteroatoms. The number of nitrogens with two attached hydrogens (primary N) is 1. The maximum absolute atomic E-state index is 9.90. The van der Waals surface area contributed by atoms with Gasteiger partial charge in [-0.1, -0.05) is 6.07 Å². The van der Waals surface area contributed by atoms with E-state index in [1.165, 1.54) is 11.3 Å². The van der Waals surface area contributed by atoms with Gasteiger partial charge in [-0.2, -0.15) is 15.8 Å². The van der Waals surface area contributed by atoms with E-state index in [0.717, 1.165) is 17.0 Å². The van der Waals surface area contributed by atoms with Crippen LogP contribution in [0, 0.1) is 45.3 Å². The van der Waals surface area contributed by atoms with Gasteiger partial charge in [-0.05, 0) is 36.2 Å². The first-order chi connectivity index (χ1) is 11.6. The van der Waals surface area contributed by atoms with Crippen molar-refractivity contribution >= 4 is 11.3 Å². The molecule has 3 rings (SSSR count). The Kier molecular flexibility index (Phi) is 4.16. The molecule has 0 fully saturated rings. The molecule has 0 saturated heterocycles. The Morgan fingerprint density at radius 1 is 1.38 bits per heavy atom. The molecule has 2 N–H and O–H groups in total. The van der Waals surface area contributed by atoms with E-state index >= 15 is 0 Å². The highest BCUT2D eigenvalue weighted by atomic mass is 32.1. The summed E-state index contributed by atoms with van der Waals surface area (Å²) in [5, 5.41) is 31.3. The van der Waals surface area contributed by atoms with Gasteiger partial charge in [-0.3, -0.25) is 0 Å². The molecule has 0 amide bonds. The molecule has 1 aromatic heterocycles. The molecule has 0 radical (unpaired) electrons. The topological polar surface area (TPSA) is 101 Å². The highest BCUT2D eigenvalue weighted by molar-refractivity contribution is 7.10. The van der Waals surface area contributed by atoms with Crippen LogP contribution in [0.2, 0.25) is 0 Å². The maximum atomic E-state index is 9.90. The number of allylic oxidation sites excluding steroid dienone is 1. The molecule has 0 saturated carbocycles. The summed E-state index contributed by atoms with van der Waals surface area (Å²) in [6.07, 6.45) is 3.89. The van der Waals surface area contributed by atoms with Gasteiger partial charge in [0.25, 0.3) is 0 Å². The predicted molar refractivity (Wildman–Crippen MR) is 91.2 cm³/mol. The van der Waals surface area contributed by atoms with Gasteiger partial charge in [-0.25, -0.2) is 0 Å². The molecular formula is C18H17N5S. The van der Waals surface area contributed by atoms with Gasteiger partial charge >= 0.3 is 0 Å². The molecule has 0 spiro atoms. The van der Waals surface area contributed by atoms with E-state index in [9.17, 15) is 15.8 Å². The summed E-state index contributed by atoms with van der Waals surface area (Å²) >= 11 is 1.53. The zero-order valence-electron chi connectivity index (χ0n) is 13.3. The van der Waals surface area contributed by atoms with Crippen molar-refractivity contribution in [3.05, 3.63) is 45.8 Å². The van der Waals surface area contributed by atoms with Gasteiger partial charge in [0, 0.05) is 29.8 Å². The smallest absolute Gasteiger partial charge is 0.171 e. The Morgan fingerprint density at radius 2 is 2.12 bits per heavy atom. The van der Waals surface area contributed by atoms with E-state index in [1.807, 2.05) is 29.8 Å². The third kappa shape index (κ3) is 2.14. The third-order valence-electron chi connectivity index (χ3n) is 5.05. The summed E-state index contributed by atoms with van der Waals surface area (Å²) in [7, 11) is 0. The molecule has 3 atom stereocenters. The normalized spacial score (nSPS) is 27.8. The predicted octanol–water partition coefficient (Wildman–Crippen LogP) is 2.49. The molecule has 120 valence electrons. The van der Waals surface area contributed by atoms with Crippen LogP contribution in [0.4, 0.5) is 0 Å². The molecule has 0 aromatic carbocycles. The highest BCUT2D eigenvalue weighted by Crippen LogP contribution is 2.53. The van der Waals surface area contributed by atoms with Gasteiger partial charge in [0.2, 0.25) is 0 Å². The second kappa shape index (κ2) is 6.13. The first-order valence-corrected chi connectivity index (χ1v) is 8.68. The van der Waals surface area contributed by atoms with Crippen LogP contribution in [0.15, 0.2) is 40.9 Å². The van der Waals surface area contributed by atoms with Crippen LogP contribution in [-0.4, -0.2) is 24.0 Å². The van der Waals surface area contributed by atoms with Gasteiger partial charge in [0.1, 0.15) is 0 Å². The van der Waals surface area contributed by atoms with E-state index in [4.69, 9.17) is 5.73 Å². The lowest BCUT2D eigenvalue weighted by molar-refractivity contribution is 0.221. The van der Waals surface area contributed by atoms with Crippen molar-refractivity contribution in [2.24, 2.45) is 17.1 Å². The number of nitriles is 3. The SMILES string of the molecule is CCN1C=CC2=C(C#N)[C@@H](N)C(C#N)(C#N)[C@@H](c3cccs3)[C@@H]2C1. The van der Waals surface area contributed by atoms with Crippen molar-refractivity contribution in [1.82, 2.24) is 4.90 Å². The summed E-state index contributed by atoms with van der Waals surface area (Å²) in [6, 6.07) is 9.48. The zero-order valence-corrected chi connectivity index (χ0v) is 14.1. The Morgan fingerprint density at radius 3 is 2.67 bits per heavy atom. The van der Waals surface area contributed by atoms with Crippen molar-refractivity contribution in [2.75, 3.05) is 13.1 Å². The number of fused-ring (bicyclic) bond motifs is 1. The molecule has 2 heterocycles. The van der Waals surface area contributed by atoms with Gasteiger partial charge in [0.05, 0.1) is 29.8 Å². The molecule has 1 aliphatic heterocycles. The monoisotopic (exact) mass is 335 g/mol. The molecule has 0 unspecified atom stereocenters. The molecule has 24 heavy (non-hydrogen) atoms. The quantitative estimate of drug-likeness (QED) is 0.895. The van der Waals surface area contributed by atoms with Crippen molar-refractivity contribution in [1.29, 1.82) is 15.8 Å². The average molecular weight is 335 g/mol. The second-order valence-electron chi connectivity index (χ2n) is 6.05. The Bertz CT molecular complexity index is 801. The van der Waals surface area contributed by atoms with Crippen LogP contribution in [-0.2, 0) is 0 Å². The van der Waals surface area contributed by atoms with Crippen molar-refractivity contribution in [2.45, 2.75) is 18.9 Å².